The summed E-state index contributed by atoms with van der Waals surface area (Å²) in [5.41, 5.74) is 0. The molecule has 1 heterocycles. The van der Waals surface area contributed by atoms with Crippen LogP contribution in [-0.2, 0) is 6.42 Å². The van der Waals surface area contributed by atoms with Gasteiger partial charge in [0.05, 0.1) is 7.11 Å². The minimum Gasteiger partial charge on any atom is -0.493 e. The molecule has 0 unspecified atom stereocenters. The molecule has 0 amide bonds. The Morgan fingerprint density at radius 1 is 1.21 bits per heavy atom. The van der Waals surface area contributed by atoms with E-state index in [4.69, 9.17) is 9.47 Å². The number of nitrogens with zero attached hydrogens (tertiary/aromatic N) is 2. The standard InChI is InChI=1S/C13H17N3O3/c1-17-11-4-2-3-5-12(11)18-9-8-14-7-6-13-15-10-19-16-13/h2-5,10,14H,6-9H2,1H3. The van der Waals surface area contributed by atoms with E-state index < -0.39 is 0 Å². The lowest BCUT2D eigenvalue weighted by atomic mass is 10.3. The van der Waals surface area contributed by atoms with Gasteiger partial charge in [0.25, 0.3) is 0 Å². The predicted molar refractivity (Wildman–Crippen MR) is 69.4 cm³/mol. The monoisotopic (exact) mass is 263 g/mol. The van der Waals surface area contributed by atoms with E-state index in [1.165, 1.54) is 6.39 Å². The zero-order valence-electron chi connectivity index (χ0n) is 10.8. The van der Waals surface area contributed by atoms with Crippen LogP contribution in [0.15, 0.2) is 35.2 Å². The summed E-state index contributed by atoms with van der Waals surface area (Å²) >= 11 is 0. The Bertz CT molecular complexity index is 474. The SMILES string of the molecule is COc1ccccc1OCCNCCc1ncon1. The van der Waals surface area contributed by atoms with Crippen molar-refractivity contribution in [3.63, 3.8) is 0 Å². The summed E-state index contributed by atoms with van der Waals surface area (Å²) in [5, 5.41) is 6.97. The average Bonchev–Trinajstić information content (AvgIpc) is 2.96. The van der Waals surface area contributed by atoms with Gasteiger partial charge in [-0.1, -0.05) is 17.3 Å². The van der Waals surface area contributed by atoms with E-state index in [1.807, 2.05) is 24.3 Å². The highest BCUT2D eigenvalue weighted by Crippen LogP contribution is 2.25. The van der Waals surface area contributed by atoms with Gasteiger partial charge in [-0.15, -0.1) is 0 Å². The van der Waals surface area contributed by atoms with E-state index >= 15 is 0 Å². The summed E-state index contributed by atoms with van der Waals surface area (Å²) in [4.78, 5) is 3.94. The van der Waals surface area contributed by atoms with E-state index in [2.05, 4.69) is 20.0 Å². The van der Waals surface area contributed by atoms with Crippen LogP contribution >= 0.6 is 0 Å². The van der Waals surface area contributed by atoms with Crippen molar-refractivity contribution in [2.75, 3.05) is 26.8 Å². The van der Waals surface area contributed by atoms with Crippen LogP contribution in [0.2, 0.25) is 0 Å². The van der Waals surface area contributed by atoms with Crippen molar-refractivity contribution in [3.8, 4) is 11.5 Å². The largest absolute Gasteiger partial charge is 0.493 e. The number of hydrogen-bond donors (Lipinski definition) is 1. The number of hydrogen-bond acceptors (Lipinski definition) is 6. The first-order chi connectivity index (χ1) is 9.40. The van der Waals surface area contributed by atoms with E-state index in [0.717, 1.165) is 31.0 Å². The van der Waals surface area contributed by atoms with Crippen molar-refractivity contribution in [1.82, 2.24) is 15.5 Å². The van der Waals surface area contributed by atoms with Crippen LogP contribution in [0.1, 0.15) is 5.82 Å². The molecule has 2 aromatic rings. The van der Waals surface area contributed by atoms with Crippen LogP contribution in [0.3, 0.4) is 0 Å². The van der Waals surface area contributed by atoms with Gasteiger partial charge in [-0.3, -0.25) is 0 Å². The molecule has 6 nitrogen and oxygen atoms in total. The van der Waals surface area contributed by atoms with Crippen molar-refractivity contribution in [2.45, 2.75) is 6.42 Å². The molecule has 6 heteroatoms. The van der Waals surface area contributed by atoms with Crippen LogP contribution in [0.4, 0.5) is 0 Å². The lowest BCUT2D eigenvalue weighted by Crippen LogP contribution is -2.23. The first-order valence-corrected chi connectivity index (χ1v) is 6.12. The van der Waals surface area contributed by atoms with Crippen molar-refractivity contribution in [3.05, 3.63) is 36.5 Å². The summed E-state index contributed by atoms with van der Waals surface area (Å²) in [7, 11) is 1.63. The Kier molecular flexibility index (Phi) is 5.18. The third-order valence-electron chi connectivity index (χ3n) is 2.54. The minimum absolute atomic E-state index is 0.576. The van der Waals surface area contributed by atoms with E-state index in [0.29, 0.717) is 12.4 Å². The van der Waals surface area contributed by atoms with Gasteiger partial charge in [0, 0.05) is 19.5 Å². The Morgan fingerprint density at radius 2 is 2.05 bits per heavy atom. The van der Waals surface area contributed by atoms with Gasteiger partial charge in [-0.05, 0) is 12.1 Å². The van der Waals surface area contributed by atoms with Crippen LogP contribution in [0.5, 0.6) is 11.5 Å². The molecule has 102 valence electrons. The highest BCUT2D eigenvalue weighted by Gasteiger charge is 2.02. The molecule has 0 saturated heterocycles. The molecule has 1 aromatic carbocycles. The molecule has 0 spiro atoms. The number of para-hydroxylation sites is 2. The molecule has 19 heavy (non-hydrogen) atoms. The predicted octanol–water partition coefficient (Wildman–Crippen LogP) is 1.29. The van der Waals surface area contributed by atoms with Crippen molar-refractivity contribution in [2.24, 2.45) is 0 Å². The van der Waals surface area contributed by atoms with E-state index in [9.17, 15) is 0 Å². The summed E-state index contributed by atoms with van der Waals surface area (Å²) in [6, 6.07) is 7.59. The molecule has 0 saturated carbocycles. The van der Waals surface area contributed by atoms with Gasteiger partial charge in [-0.25, -0.2) is 0 Å². The van der Waals surface area contributed by atoms with Crippen molar-refractivity contribution < 1.29 is 14.0 Å². The molecule has 0 radical (unpaired) electrons. The fourth-order valence-corrected chi connectivity index (χ4v) is 1.60. The third-order valence-corrected chi connectivity index (χ3v) is 2.54. The lowest BCUT2D eigenvalue weighted by Gasteiger charge is -2.10. The Hall–Kier alpha value is -2.08. The molecular weight excluding hydrogens is 246 g/mol. The van der Waals surface area contributed by atoms with Gasteiger partial charge >= 0.3 is 0 Å². The molecular formula is C13H17N3O3. The van der Waals surface area contributed by atoms with Crippen molar-refractivity contribution >= 4 is 0 Å². The van der Waals surface area contributed by atoms with Gasteiger partial charge in [-0.2, -0.15) is 4.98 Å². The highest BCUT2D eigenvalue weighted by molar-refractivity contribution is 5.39. The molecule has 0 aliphatic carbocycles. The van der Waals surface area contributed by atoms with Crippen LogP contribution in [-0.4, -0.2) is 36.9 Å². The molecule has 0 bridgehead atoms. The summed E-state index contributed by atoms with van der Waals surface area (Å²) < 4.78 is 15.5. The first kappa shape index (κ1) is 13.4. The number of benzene rings is 1. The number of rotatable bonds is 8. The third kappa shape index (κ3) is 4.26. The highest BCUT2D eigenvalue weighted by atomic mass is 16.5. The number of methoxy groups -OCH3 is 1. The average molecular weight is 263 g/mol. The Balaban J connectivity index is 1.61. The van der Waals surface area contributed by atoms with Gasteiger partial charge in [0.1, 0.15) is 6.61 Å². The molecule has 0 aliphatic rings. The number of aromatic nitrogens is 2. The normalized spacial score (nSPS) is 10.4. The van der Waals surface area contributed by atoms with Crippen LogP contribution < -0.4 is 14.8 Å². The van der Waals surface area contributed by atoms with Gasteiger partial charge < -0.3 is 19.3 Å². The summed E-state index contributed by atoms with van der Waals surface area (Å²) in [5.74, 6) is 2.21. The van der Waals surface area contributed by atoms with Crippen molar-refractivity contribution in [1.29, 1.82) is 0 Å². The first-order valence-electron chi connectivity index (χ1n) is 6.12. The Labute approximate surface area is 111 Å². The number of nitrogens with one attached hydrogen (secondary N) is 1. The number of ether oxygens (including phenoxy) is 2. The second-order valence-corrected chi connectivity index (χ2v) is 3.85. The maximum absolute atomic E-state index is 5.63. The fourth-order valence-electron chi connectivity index (χ4n) is 1.60. The minimum atomic E-state index is 0.576. The smallest absolute Gasteiger partial charge is 0.213 e. The van der Waals surface area contributed by atoms with Gasteiger partial charge in [0.15, 0.2) is 17.3 Å². The molecule has 0 fully saturated rings. The van der Waals surface area contributed by atoms with E-state index in [1.54, 1.807) is 7.11 Å². The Morgan fingerprint density at radius 3 is 2.79 bits per heavy atom. The second kappa shape index (κ2) is 7.38. The van der Waals surface area contributed by atoms with E-state index in [-0.39, 0.29) is 0 Å². The quantitative estimate of drug-likeness (QED) is 0.724. The maximum Gasteiger partial charge on any atom is 0.213 e. The zero-order valence-corrected chi connectivity index (χ0v) is 10.8. The summed E-state index contributed by atoms with van der Waals surface area (Å²) in [6.45, 7) is 2.11. The molecule has 1 aromatic heterocycles. The maximum atomic E-state index is 5.63. The summed E-state index contributed by atoms with van der Waals surface area (Å²) in [6.07, 6.45) is 2.07. The fraction of sp³-hybridized carbons (Fsp3) is 0.385. The van der Waals surface area contributed by atoms with Gasteiger partial charge in [0.2, 0.25) is 6.39 Å². The molecule has 2 rings (SSSR count). The van der Waals surface area contributed by atoms with Crippen LogP contribution in [0.25, 0.3) is 0 Å². The molecule has 0 aliphatic heterocycles. The molecule has 1 N–H and O–H groups in total. The lowest BCUT2D eigenvalue weighted by molar-refractivity contribution is 0.292. The van der Waals surface area contributed by atoms with Crippen LogP contribution in [0, 0.1) is 0 Å². The topological polar surface area (TPSA) is 69.4 Å². The second-order valence-electron chi connectivity index (χ2n) is 3.85. The molecule has 0 atom stereocenters. The zero-order chi connectivity index (χ0) is 13.3.